The van der Waals surface area contributed by atoms with Crippen LogP contribution in [0.5, 0.6) is 5.75 Å². The van der Waals surface area contributed by atoms with E-state index < -0.39 is 0 Å². The summed E-state index contributed by atoms with van der Waals surface area (Å²) in [6, 6.07) is 6.25. The number of benzene rings is 1. The lowest BCUT2D eigenvalue weighted by molar-refractivity contribution is -0.119. The Balaban J connectivity index is 2.68. The Hall–Kier alpha value is -1.31. The van der Waals surface area contributed by atoms with E-state index in [0.29, 0.717) is 24.5 Å². The van der Waals surface area contributed by atoms with E-state index in [2.05, 4.69) is 32.9 Å². The molecule has 0 aliphatic rings. The first-order valence-electron chi connectivity index (χ1n) is 7.28. The molecule has 0 fully saturated rings. The van der Waals surface area contributed by atoms with Crippen LogP contribution < -0.4 is 4.74 Å². The Kier molecular flexibility index (Phi) is 6.61. The fourth-order valence-electron chi connectivity index (χ4n) is 2.47. The molecule has 19 heavy (non-hydrogen) atoms. The molecule has 0 saturated carbocycles. The topological polar surface area (TPSA) is 26.3 Å². The molecule has 1 aromatic rings. The van der Waals surface area contributed by atoms with Crippen LogP contribution in [0, 0.1) is 5.92 Å². The van der Waals surface area contributed by atoms with Gasteiger partial charge in [0.2, 0.25) is 0 Å². The maximum absolute atomic E-state index is 11.7. The second-order valence-corrected chi connectivity index (χ2v) is 5.29. The first-order valence-corrected chi connectivity index (χ1v) is 7.28. The summed E-state index contributed by atoms with van der Waals surface area (Å²) in [6.07, 6.45) is 4.34. The number of methoxy groups -OCH3 is 1. The highest BCUT2D eigenvalue weighted by Crippen LogP contribution is 2.22. The maximum atomic E-state index is 11.7. The van der Waals surface area contributed by atoms with Gasteiger partial charge in [-0.2, -0.15) is 0 Å². The number of carbonyl (C=O) groups excluding carboxylic acids is 1. The van der Waals surface area contributed by atoms with Crippen LogP contribution >= 0.6 is 0 Å². The SMILES string of the molecule is CCCC(=O)CC(C)Cc1ccc(OC)cc1CC. The summed E-state index contributed by atoms with van der Waals surface area (Å²) in [5.74, 6) is 1.72. The Morgan fingerprint density at radius 1 is 1.26 bits per heavy atom. The van der Waals surface area contributed by atoms with E-state index in [1.807, 2.05) is 6.07 Å². The molecule has 0 aliphatic heterocycles. The monoisotopic (exact) mass is 262 g/mol. The van der Waals surface area contributed by atoms with Crippen LogP contribution in [0.15, 0.2) is 18.2 Å². The highest BCUT2D eigenvalue weighted by Gasteiger charge is 2.11. The third-order valence-electron chi connectivity index (χ3n) is 3.47. The molecule has 1 aromatic carbocycles. The number of rotatable bonds is 8. The van der Waals surface area contributed by atoms with E-state index in [9.17, 15) is 4.79 Å². The van der Waals surface area contributed by atoms with Gasteiger partial charge in [-0.25, -0.2) is 0 Å². The smallest absolute Gasteiger partial charge is 0.133 e. The summed E-state index contributed by atoms with van der Waals surface area (Å²) in [5, 5.41) is 0. The Labute approximate surface area is 117 Å². The lowest BCUT2D eigenvalue weighted by Gasteiger charge is -2.14. The average molecular weight is 262 g/mol. The third kappa shape index (κ3) is 5.06. The van der Waals surface area contributed by atoms with Crippen LogP contribution in [0.4, 0.5) is 0 Å². The first kappa shape index (κ1) is 15.7. The van der Waals surface area contributed by atoms with Gasteiger partial charge in [-0.3, -0.25) is 4.79 Å². The molecule has 0 saturated heterocycles. The molecule has 106 valence electrons. The van der Waals surface area contributed by atoms with Gasteiger partial charge < -0.3 is 4.74 Å². The molecular formula is C17H26O2. The molecule has 0 amide bonds. The van der Waals surface area contributed by atoms with Crippen molar-refractivity contribution in [3.8, 4) is 5.75 Å². The van der Waals surface area contributed by atoms with Crippen molar-refractivity contribution < 1.29 is 9.53 Å². The number of ether oxygens (including phenoxy) is 1. The molecule has 0 N–H and O–H groups in total. The lowest BCUT2D eigenvalue weighted by Crippen LogP contribution is -2.09. The van der Waals surface area contributed by atoms with Crippen molar-refractivity contribution in [3.63, 3.8) is 0 Å². The zero-order valence-corrected chi connectivity index (χ0v) is 12.7. The summed E-state index contributed by atoms with van der Waals surface area (Å²) in [4.78, 5) is 11.7. The van der Waals surface area contributed by atoms with Gasteiger partial charge in [-0.15, -0.1) is 0 Å². The molecule has 0 radical (unpaired) electrons. The van der Waals surface area contributed by atoms with Gasteiger partial charge in [0, 0.05) is 12.8 Å². The van der Waals surface area contributed by atoms with Crippen molar-refractivity contribution in [2.24, 2.45) is 5.92 Å². The Morgan fingerprint density at radius 3 is 2.58 bits per heavy atom. The molecule has 0 aliphatic carbocycles. The van der Waals surface area contributed by atoms with Gasteiger partial charge in [0.05, 0.1) is 7.11 Å². The highest BCUT2D eigenvalue weighted by atomic mass is 16.5. The van der Waals surface area contributed by atoms with E-state index in [4.69, 9.17) is 4.74 Å². The van der Waals surface area contributed by atoms with Gasteiger partial charge in [-0.05, 0) is 48.4 Å². The number of Topliss-reactive ketones (excluding diaryl/α,β-unsaturated/α-hetero) is 1. The molecular weight excluding hydrogens is 236 g/mol. The largest absolute Gasteiger partial charge is 0.497 e. The lowest BCUT2D eigenvalue weighted by atomic mass is 9.91. The zero-order valence-electron chi connectivity index (χ0n) is 12.7. The van der Waals surface area contributed by atoms with E-state index in [1.54, 1.807) is 7.11 Å². The molecule has 1 atom stereocenters. The number of carbonyl (C=O) groups is 1. The fraction of sp³-hybridized carbons (Fsp3) is 0.588. The predicted octanol–water partition coefficient (Wildman–Crippen LogP) is 4.20. The molecule has 0 aromatic heterocycles. The van der Waals surface area contributed by atoms with E-state index in [-0.39, 0.29) is 0 Å². The van der Waals surface area contributed by atoms with Gasteiger partial charge in [0.1, 0.15) is 11.5 Å². The molecule has 0 bridgehead atoms. The molecule has 2 nitrogen and oxygen atoms in total. The van der Waals surface area contributed by atoms with Gasteiger partial charge in [0.15, 0.2) is 0 Å². The van der Waals surface area contributed by atoms with E-state index >= 15 is 0 Å². The molecule has 0 heterocycles. The normalized spacial score (nSPS) is 12.2. The van der Waals surface area contributed by atoms with Gasteiger partial charge in [0.25, 0.3) is 0 Å². The van der Waals surface area contributed by atoms with Crippen LogP contribution in [-0.2, 0) is 17.6 Å². The fourth-order valence-corrected chi connectivity index (χ4v) is 2.47. The zero-order chi connectivity index (χ0) is 14.3. The number of aryl methyl sites for hydroxylation is 1. The summed E-state index contributed by atoms with van der Waals surface area (Å²) >= 11 is 0. The second-order valence-electron chi connectivity index (χ2n) is 5.29. The van der Waals surface area contributed by atoms with Gasteiger partial charge in [-0.1, -0.05) is 26.8 Å². The maximum Gasteiger partial charge on any atom is 0.133 e. The summed E-state index contributed by atoms with van der Waals surface area (Å²) in [7, 11) is 1.69. The van der Waals surface area contributed by atoms with Crippen molar-refractivity contribution in [3.05, 3.63) is 29.3 Å². The van der Waals surface area contributed by atoms with Crippen LogP contribution in [0.25, 0.3) is 0 Å². The molecule has 2 heteroatoms. The number of ketones is 1. The number of hydrogen-bond acceptors (Lipinski definition) is 2. The third-order valence-corrected chi connectivity index (χ3v) is 3.47. The minimum atomic E-state index is 0.390. The van der Waals surface area contributed by atoms with Crippen LogP contribution in [-0.4, -0.2) is 12.9 Å². The highest BCUT2D eigenvalue weighted by molar-refractivity contribution is 5.78. The van der Waals surface area contributed by atoms with Crippen molar-refractivity contribution in [1.29, 1.82) is 0 Å². The molecule has 1 unspecified atom stereocenters. The first-order chi connectivity index (χ1) is 9.10. The van der Waals surface area contributed by atoms with Crippen molar-refractivity contribution in [2.75, 3.05) is 7.11 Å². The minimum Gasteiger partial charge on any atom is -0.497 e. The van der Waals surface area contributed by atoms with Crippen LogP contribution in [0.2, 0.25) is 0 Å². The molecule has 0 spiro atoms. The standard InChI is InChI=1S/C17H26O2/c1-5-7-16(18)11-13(3)10-15-8-9-17(19-4)12-14(15)6-2/h8-9,12-13H,5-7,10-11H2,1-4H3. The Morgan fingerprint density at radius 2 is 2.00 bits per heavy atom. The quantitative estimate of drug-likeness (QED) is 0.702. The van der Waals surface area contributed by atoms with Gasteiger partial charge >= 0.3 is 0 Å². The van der Waals surface area contributed by atoms with Crippen molar-refractivity contribution in [1.82, 2.24) is 0 Å². The summed E-state index contributed by atoms with van der Waals surface area (Å²) in [5.41, 5.74) is 2.68. The second kappa shape index (κ2) is 7.98. The van der Waals surface area contributed by atoms with E-state index in [0.717, 1.165) is 25.0 Å². The predicted molar refractivity (Wildman–Crippen MR) is 79.8 cm³/mol. The minimum absolute atomic E-state index is 0.390. The van der Waals surface area contributed by atoms with Crippen LogP contribution in [0.1, 0.15) is 51.2 Å². The van der Waals surface area contributed by atoms with Crippen molar-refractivity contribution in [2.45, 2.75) is 52.9 Å². The molecule has 1 rings (SSSR count). The summed E-state index contributed by atoms with van der Waals surface area (Å²) < 4.78 is 5.26. The number of hydrogen-bond donors (Lipinski definition) is 0. The van der Waals surface area contributed by atoms with Crippen molar-refractivity contribution >= 4 is 5.78 Å². The Bertz CT molecular complexity index is 410. The van der Waals surface area contributed by atoms with E-state index in [1.165, 1.54) is 11.1 Å². The summed E-state index contributed by atoms with van der Waals surface area (Å²) in [6.45, 7) is 6.38. The van der Waals surface area contributed by atoms with Crippen LogP contribution in [0.3, 0.4) is 0 Å². The average Bonchev–Trinajstić information content (AvgIpc) is 2.39.